The maximum Gasteiger partial charge on any atom is 0.314 e. The highest BCUT2D eigenvalue weighted by Gasteiger charge is 2.43. The van der Waals surface area contributed by atoms with Crippen molar-refractivity contribution < 1.29 is 14.6 Å². The fraction of sp³-hybridized carbons (Fsp3) is 0.533. The van der Waals surface area contributed by atoms with Gasteiger partial charge in [-0.05, 0) is 44.0 Å². The Kier molecular flexibility index (Phi) is 4.10. The van der Waals surface area contributed by atoms with Crippen LogP contribution >= 0.6 is 0 Å². The number of aryl methyl sites for hydroxylation is 1. The zero-order valence-corrected chi connectivity index (χ0v) is 11.5. The molecule has 0 aliphatic carbocycles. The molecule has 0 amide bonds. The summed E-state index contributed by atoms with van der Waals surface area (Å²) in [6.07, 6.45) is 2.10. The summed E-state index contributed by atoms with van der Waals surface area (Å²) in [5.74, 6) is -0.0675. The molecule has 1 aliphatic heterocycles. The summed E-state index contributed by atoms with van der Waals surface area (Å²) in [6.45, 7) is 3.53. The van der Waals surface area contributed by atoms with Crippen LogP contribution in [0.4, 0.5) is 0 Å². The Morgan fingerprint density at radius 3 is 2.63 bits per heavy atom. The molecule has 1 aliphatic rings. The van der Waals surface area contributed by atoms with Crippen LogP contribution in [0.15, 0.2) is 18.2 Å². The number of carboxylic acid groups (broad SMARTS) is 1. The quantitative estimate of drug-likeness (QED) is 0.872. The first-order valence-corrected chi connectivity index (χ1v) is 6.75. The number of nitrogens with one attached hydrogen (secondary N) is 1. The Morgan fingerprint density at radius 2 is 2.11 bits per heavy atom. The first-order valence-electron chi connectivity index (χ1n) is 6.75. The summed E-state index contributed by atoms with van der Waals surface area (Å²) in [4.78, 5) is 11.9. The van der Waals surface area contributed by atoms with Gasteiger partial charge >= 0.3 is 5.97 Å². The van der Waals surface area contributed by atoms with Crippen LogP contribution in [-0.4, -0.2) is 31.3 Å². The highest BCUT2D eigenvalue weighted by Crippen LogP contribution is 2.39. The molecule has 0 radical (unpaired) electrons. The predicted molar refractivity (Wildman–Crippen MR) is 73.8 cm³/mol. The van der Waals surface area contributed by atoms with Gasteiger partial charge in [-0.15, -0.1) is 0 Å². The van der Waals surface area contributed by atoms with Gasteiger partial charge in [0.2, 0.25) is 0 Å². The Balaban J connectivity index is 2.54. The molecule has 1 aromatic rings. The van der Waals surface area contributed by atoms with Crippen LogP contribution in [0.5, 0.6) is 5.75 Å². The second kappa shape index (κ2) is 5.61. The highest BCUT2D eigenvalue weighted by atomic mass is 16.5. The number of ether oxygens (including phenoxy) is 1. The number of carbonyl (C=O) groups is 1. The smallest absolute Gasteiger partial charge is 0.314 e. The Hall–Kier alpha value is -1.55. The van der Waals surface area contributed by atoms with Crippen LogP contribution in [0.25, 0.3) is 0 Å². The Labute approximate surface area is 113 Å². The minimum absolute atomic E-state index is 0.603. The number of rotatable bonds is 4. The van der Waals surface area contributed by atoms with Gasteiger partial charge in [0.1, 0.15) is 5.75 Å². The number of methoxy groups -OCH3 is 1. The van der Waals surface area contributed by atoms with Gasteiger partial charge in [-0.1, -0.05) is 19.1 Å². The van der Waals surface area contributed by atoms with E-state index in [0.717, 1.165) is 30.6 Å². The molecule has 2 rings (SSSR count). The van der Waals surface area contributed by atoms with E-state index in [1.165, 1.54) is 0 Å². The zero-order chi connectivity index (χ0) is 13.9. The minimum atomic E-state index is -0.818. The molecule has 0 bridgehead atoms. The third kappa shape index (κ3) is 2.45. The molecule has 4 nitrogen and oxygen atoms in total. The van der Waals surface area contributed by atoms with Gasteiger partial charge in [-0.25, -0.2) is 0 Å². The first kappa shape index (κ1) is 13.9. The average Bonchev–Trinajstić information content (AvgIpc) is 2.47. The van der Waals surface area contributed by atoms with Gasteiger partial charge in [0.15, 0.2) is 0 Å². The third-order valence-electron chi connectivity index (χ3n) is 4.05. The number of hydrogen-bond acceptors (Lipinski definition) is 3. The standard InChI is InChI=1S/C15H21NO3/c1-3-11-4-5-13(19-2)12(10-11)15(14(17)18)6-8-16-9-7-15/h4-5,10,16H,3,6-9H2,1-2H3,(H,17,18). The summed E-state index contributed by atoms with van der Waals surface area (Å²) in [5, 5.41) is 13.0. The van der Waals surface area contributed by atoms with Crippen LogP contribution in [0.1, 0.15) is 30.9 Å². The molecule has 2 N–H and O–H groups in total. The number of benzene rings is 1. The van der Waals surface area contributed by atoms with E-state index in [-0.39, 0.29) is 0 Å². The van der Waals surface area contributed by atoms with Crippen LogP contribution in [0, 0.1) is 0 Å². The van der Waals surface area contributed by atoms with E-state index in [9.17, 15) is 9.90 Å². The molecule has 0 spiro atoms. The average molecular weight is 263 g/mol. The van der Waals surface area contributed by atoms with E-state index in [0.29, 0.717) is 18.6 Å². The van der Waals surface area contributed by atoms with Crippen molar-refractivity contribution in [1.82, 2.24) is 5.32 Å². The van der Waals surface area contributed by atoms with E-state index >= 15 is 0 Å². The van der Waals surface area contributed by atoms with Crippen LogP contribution in [0.2, 0.25) is 0 Å². The lowest BCUT2D eigenvalue weighted by Gasteiger charge is -2.35. The Morgan fingerprint density at radius 1 is 1.42 bits per heavy atom. The van der Waals surface area contributed by atoms with Crippen molar-refractivity contribution in [2.24, 2.45) is 0 Å². The molecule has 1 fully saturated rings. The summed E-state index contributed by atoms with van der Waals surface area (Å²) < 4.78 is 5.39. The molecule has 0 unspecified atom stereocenters. The van der Waals surface area contributed by atoms with Gasteiger partial charge in [-0.3, -0.25) is 4.79 Å². The van der Waals surface area contributed by atoms with Crippen molar-refractivity contribution in [2.45, 2.75) is 31.6 Å². The maximum absolute atomic E-state index is 11.9. The monoisotopic (exact) mass is 263 g/mol. The van der Waals surface area contributed by atoms with Crippen molar-refractivity contribution in [3.8, 4) is 5.75 Å². The number of hydrogen-bond donors (Lipinski definition) is 2. The van der Waals surface area contributed by atoms with E-state index in [1.807, 2.05) is 18.2 Å². The lowest BCUT2D eigenvalue weighted by molar-refractivity contribution is -0.145. The normalized spacial score (nSPS) is 18.0. The highest BCUT2D eigenvalue weighted by molar-refractivity contribution is 5.83. The minimum Gasteiger partial charge on any atom is -0.496 e. The molecule has 0 atom stereocenters. The fourth-order valence-electron chi connectivity index (χ4n) is 2.80. The molecular formula is C15H21NO3. The summed E-state index contributed by atoms with van der Waals surface area (Å²) in [5.41, 5.74) is 1.15. The molecule has 0 saturated carbocycles. The molecule has 4 heteroatoms. The molecule has 104 valence electrons. The van der Waals surface area contributed by atoms with Crippen molar-refractivity contribution in [1.29, 1.82) is 0 Å². The van der Waals surface area contributed by atoms with Gasteiger partial charge in [0, 0.05) is 5.56 Å². The summed E-state index contributed by atoms with van der Waals surface area (Å²) >= 11 is 0. The van der Waals surface area contributed by atoms with Gasteiger partial charge in [0.05, 0.1) is 12.5 Å². The van der Waals surface area contributed by atoms with Crippen LogP contribution in [-0.2, 0) is 16.6 Å². The summed E-state index contributed by atoms with van der Waals surface area (Å²) in [7, 11) is 1.60. The van der Waals surface area contributed by atoms with E-state index in [2.05, 4.69) is 12.2 Å². The lowest BCUT2D eigenvalue weighted by atomic mass is 9.72. The van der Waals surface area contributed by atoms with E-state index in [1.54, 1.807) is 7.11 Å². The number of carboxylic acids is 1. The van der Waals surface area contributed by atoms with Gasteiger partial charge in [0.25, 0.3) is 0 Å². The number of piperidine rings is 1. The summed E-state index contributed by atoms with van der Waals surface area (Å²) in [6, 6.07) is 5.89. The topological polar surface area (TPSA) is 58.6 Å². The fourth-order valence-corrected chi connectivity index (χ4v) is 2.80. The van der Waals surface area contributed by atoms with Crippen molar-refractivity contribution in [3.05, 3.63) is 29.3 Å². The molecule has 1 saturated heterocycles. The van der Waals surface area contributed by atoms with Crippen LogP contribution in [0.3, 0.4) is 0 Å². The van der Waals surface area contributed by atoms with Crippen LogP contribution < -0.4 is 10.1 Å². The van der Waals surface area contributed by atoms with E-state index < -0.39 is 11.4 Å². The SMILES string of the molecule is CCc1ccc(OC)c(C2(C(=O)O)CCNCC2)c1. The third-order valence-corrected chi connectivity index (χ3v) is 4.05. The predicted octanol–water partition coefficient (Wildman–Crippen LogP) is 1.96. The molecule has 0 aromatic heterocycles. The van der Waals surface area contributed by atoms with Gasteiger partial charge < -0.3 is 15.2 Å². The van der Waals surface area contributed by atoms with E-state index in [4.69, 9.17) is 4.74 Å². The second-order valence-electron chi connectivity index (χ2n) is 5.03. The lowest BCUT2D eigenvalue weighted by Crippen LogP contribution is -2.45. The first-order chi connectivity index (χ1) is 9.14. The molecule has 1 heterocycles. The zero-order valence-electron chi connectivity index (χ0n) is 11.5. The number of aliphatic carboxylic acids is 1. The molecular weight excluding hydrogens is 242 g/mol. The van der Waals surface area contributed by atoms with Crippen molar-refractivity contribution in [3.63, 3.8) is 0 Å². The van der Waals surface area contributed by atoms with Crippen molar-refractivity contribution in [2.75, 3.05) is 20.2 Å². The Bertz CT molecular complexity index is 464. The molecule has 19 heavy (non-hydrogen) atoms. The maximum atomic E-state index is 11.9. The van der Waals surface area contributed by atoms with Gasteiger partial charge in [-0.2, -0.15) is 0 Å². The van der Waals surface area contributed by atoms with Crippen molar-refractivity contribution >= 4 is 5.97 Å². The second-order valence-corrected chi connectivity index (χ2v) is 5.03. The largest absolute Gasteiger partial charge is 0.496 e. The molecule has 1 aromatic carbocycles.